The number of carboxylic acid groups (broad SMARTS) is 1. The highest BCUT2D eigenvalue weighted by molar-refractivity contribution is 5.91. The molecule has 0 fully saturated rings. The molecule has 20 heavy (non-hydrogen) atoms. The molecule has 7 heteroatoms. The number of nitrogens with one attached hydrogen (secondary N) is 1. The first-order chi connectivity index (χ1) is 9.43. The molecule has 2 N–H and O–H groups in total. The normalized spacial score (nSPS) is 10.2. The van der Waals surface area contributed by atoms with Gasteiger partial charge < -0.3 is 20.1 Å². The van der Waals surface area contributed by atoms with Gasteiger partial charge in [-0.15, -0.1) is 0 Å². The summed E-state index contributed by atoms with van der Waals surface area (Å²) in [5, 5.41) is 11.1. The van der Waals surface area contributed by atoms with E-state index in [2.05, 4.69) is 5.32 Å². The third kappa shape index (κ3) is 4.85. The lowest BCUT2D eigenvalue weighted by Crippen LogP contribution is -2.40. The summed E-state index contributed by atoms with van der Waals surface area (Å²) in [6.45, 7) is 1.53. The number of ether oxygens (including phenoxy) is 1. The molecule has 1 aromatic carbocycles. The van der Waals surface area contributed by atoms with Crippen LogP contribution in [0.15, 0.2) is 18.2 Å². The minimum Gasteiger partial charge on any atom is -0.480 e. The van der Waals surface area contributed by atoms with Crippen molar-refractivity contribution in [2.24, 2.45) is 0 Å². The molecule has 0 aliphatic carbocycles. The van der Waals surface area contributed by atoms with E-state index in [1.54, 1.807) is 13.0 Å². The van der Waals surface area contributed by atoms with Gasteiger partial charge in [-0.05, 0) is 24.6 Å². The van der Waals surface area contributed by atoms with Crippen molar-refractivity contribution in [3.8, 4) is 0 Å². The van der Waals surface area contributed by atoms with Gasteiger partial charge in [-0.25, -0.2) is 9.18 Å². The standard InChI is InChI=1S/C13H17FN2O4/c1-9-3-4-11(10(14)7-9)15-13(19)16(5-6-20-2)8-12(17)18/h3-4,7H,5-6,8H2,1-2H3,(H,15,19)(H,17,18). The van der Waals surface area contributed by atoms with Crippen LogP contribution < -0.4 is 5.32 Å². The Hall–Kier alpha value is -2.15. The van der Waals surface area contributed by atoms with Crippen molar-refractivity contribution in [1.82, 2.24) is 4.90 Å². The second-order valence-corrected chi connectivity index (χ2v) is 4.22. The molecule has 0 aromatic heterocycles. The molecule has 0 unspecified atom stereocenters. The Balaban J connectivity index is 2.76. The fourth-order valence-electron chi connectivity index (χ4n) is 1.53. The van der Waals surface area contributed by atoms with Crippen molar-refractivity contribution in [2.75, 3.05) is 32.1 Å². The summed E-state index contributed by atoms with van der Waals surface area (Å²) in [5.74, 6) is -1.72. The number of carbonyl (C=O) groups excluding carboxylic acids is 1. The predicted octanol–water partition coefficient (Wildman–Crippen LogP) is 1.70. The van der Waals surface area contributed by atoms with E-state index >= 15 is 0 Å². The summed E-state index contributed by atoms with van der Waals surface area (Å²) in [6.07, 6.45) is 0. The van der Waals surface area contributed by atoms with Gasteiger partial charge in [0.15, 0.2) is 0 Å². The number of anilines is 1. The third-order valence-electron chi connectivity index (χ3n) is 2.54. The van der Waals surface area contributed by atoms with Crippen LogP contribution in [0.1, 0.15) is 5.56 Å². The monoisotopic (exact) mass is 284 g/mol. The highest BCUT2D eigenvalue weighted by atomic mass is 19.1. The average Bonchev–Trinajstić information content (AvgIpc) is 2.37. The smallest absolute Gasteiger partial charge is 0.323 e. The fraction of sp³-hybridized carbons (Fsp3) is 0.385. The first-order valence-electron chi connectivity index (χ1n) is 5.97. The lowest BCUT2D eigenvalue weighted by Gasteiger charge is -2.21. The fourth-order valence-corrected chi connectivity index (χ4v) is 1.53. The van der Waals surface area contributed by atoms with Gasteiger partial charge in [0.25, 0.3) is 0 Å². The Kier molecular flexibility index (Phi) is 5.92. The first kappa shape index (κ1) is 15.9. The van der Waals surface area contributed by atoms with Gasteiger partial charge in [-0.1, -0.05) is 6.07 Å². The molecule has 0 bridgehead atoms. The van der Waals surface area contributed by atoms with Crippen molar-refractivity contribution < 1.29 is 23.8 Å². The van der Waals surface area contributed by atoms with Gasteiger partial charge in [-0.3, -0.25) is 4.79 Å². The number of nitrogens with zero attached hydrogens (tertiary/aromatic N) is 1. The van der Waals surface area contributed by atoms with Gasteiger partial charge in [-0.2, -0.15) is 0 Å². The van der Waals surface area contributed by atoms with Gasteiger partial charge in [0, 0.05) is 13.7 Å². The summed E-state index contributed by atoms with van der Waals surface area (Å²) in [4.78, 5) is 23.7. The number of aryl methyl sites for hydroxylation is 1. The molecule has 2 amide bonds. The summed E-state index contributed by atoms with van der Waals surface area (Å²) in [6, 6.07) is 3.67. The Bertz CT molecular complexity index is 493. The minimum absolute atomic E-state index is 0.00778. The third-order valence-corrected chi connectivity index (χ3v) is 2.54. The average molecular weight is 284 g/mol. The molecular weight excluding hydrogens is 267 g/mol. The maximum absolute atomic E-state index is 13.6. The highest BCUT2D eigenvalue weighted by Gasteiger charge is 2.17. The van der Waals surface area contributed by atoms with Crippen molar-refractivity contribution >= 4 is 17.7 Å². The number of hydrogen-bond acceptors (Lipinski definition) is 3. The number of rotatable bonds is 6. The maximum Gasteiger partial charge on any atom is 0.323 e. The van der Waals surface area contributed by atoms with Gasteiger partial charge in [0.2, 0.25) is 0 Å². The number of carboxylic acids is 1. The predicted molar refractivity (Wildman–Crippen MR) is 71.2 cm³/mol. The van der Waals surface area contributed by atoms with Crippen LogP contribution in [0, 0.1) is 12.7 Å². The number of aliphatic carboxylic acids is 1. The van der Waals surface area contributed by atoms with Crippen LogP contribution in [0.4, 0.5) is 14.9 Å². The van der Waals surface area contributed by atoms with Crippen molar-refractivity contribution in [3.05, 3.63) is 29.6 Å². The number of hydrogen-bond donors (Lipinski definition) is 2. The SMILES string of the molecule is COCCN(CC(=O)O)C(=O)Nc1ccc(C)cc1F. The molecule has 0 atom stereocenters. The highest BCUT2D eigenvalue weighted by Crippen LogP contribution is 2.15. The number of urea groups is 1. The van der Waals surface area contributed by atoms with Crippen LogP contribution in [-0.4, -0.2) is 48.8 Å². The summed E-state index contributed by atoms with van der Waals surface area (Å²) < 4.78 is 18.4. The van der Waals surface area contributed by atoms with E-state index < -0.39 is 24.4 Å². The number of halogens is 1. The van der Waals surface area contributed by atoms with Crippen LogP contribution in [0.5, 0.6) is 0 Å². The van der Waals surface area contributed by atoms with E-state index in [0.717, 1.165) is 10.5 Å². The number of benzene rings is 1. The van der Waals surface area contributed by atoms with Crippen LogP contribution in [0.3, 0.4) is 0 Å². The van der Waals surface area contributed by atoms with Gasteiger partial charge in [0.1, 0.15) is 12.4 Å². The Morgan fingerprint density at radius 2 is 2.15 bits per heavy atom. The van der Waals surface area contributed by atoms with Crippen molar-refractivity contribution in [2.45, 2.75) is 6.92 Å². The van der Waals surface area contributed by atoms with Crippen LogP contribution in [-0.2, 0) is 9.53 Å². The van der Waals surface area contributed by atoms with E-state index in [-0.39, 0.29) is 18.8 Å². The molecular formula is C13H17FN2O4. The Labute approximate surface area is 116 Å². The second-order valence-electron chi connectivity index (χ2n) is 4.22. The second kappa shape index (κ2) is 7.44. The zero-order valence-corrected chi connectivity index (χ0v) is 11.4. The lowest BCUT2D eigenvalue weighted by atomic mass is 10.2. The molecule has 0 saturated heterocycles. The molecule has 0 heterocycles. The number of methoxy groups -OCH3 is 1. The maximum atomic E-state index is 13.6. The summed E-state index contributed by atoms with van der Waals surface area (Å²) in [7, 11) is 1.44. The molecule has 0 aliphatic heterocycles. The Morgan fingerprint density at radius 3 is 2.70 bits per heavy atom. The largest absolute Gasteiger partial charge is 0.480 e. The van der Waals surface area contributed by atoms with E-state index in [9.17, 15) is 14.0 Å². The topological polar surface area (TPSA) is 78.9 Å². The molecule has 110 valence electrons. The lowest BCUT2D eigenvalue weighted by molar-refractivity contribution is -0.137. The molecule has 0 saturated carbocycles. The van der Waals surface area contributed by atoms with E-state index in [1.165, 1.54) is 19.2 Å². The number of amides is 2. The Morgan fingerprint density at radius 1 is 1.45 bits per heavy atom. The minimum atomic E-state index is -1.15. The summed E-state index contributed by atoms with van der Waals surface area (Å²) in [5.41, 5.74) is 0.732. The van der Waals surface area contributed by atoms with E-state index in [4.69, 9.17) is 9.84 Å². The number of carbonyl (C=O) groups is 2. The van der Waals surface area contributed by atoms with Crippen LogP contribution >= 0.6 is 0 Å². The molecule has 0 radical (unpaired) electrons. The quantitative estimate of drug-likeness (QED) is 0.833. The van der Waals surface area contributed by atoms with Crippen LogP contribution in [0.25, 0.3) is 0 Å². The van der Waals surface area contributed by atoms with Crippen molar-refractivity contribution in [1.29, 1.82) is 0 Å². The zero-order chi connectivity index (χ0) is 15.1. The van der Waals surface area contributed by atoms with Gasteiger partial charge >= 0.3 is 12.0 Å². The first-order valence-corrected chi connectivity index (χ1v) is 5.97. The van der Waals surface area contributed by atoms with E-state index in [1.807, 2.05) is 0 Å². The molecule has 0 spiro atoms. The zero-order valence-electron chi connectivity index (χ0n) is 11.4. The van der Waals surface area contributed by atoms with E-state index in [0.29, 0.717) is 0 Å². The molecule has 0 aliphatic rings. The molecule has 1 aromatic rings. The van der Waals surface area contributed by atoms with Gasteiger partial charge in [0.05, 0.1) is 12.3 Å². The molecule has 6 nitrogen and oxygen atoms in total. The van der Waals surface area contributed by atoms with Crippen molar-refractivity contribution in [3.63, 3.8) is 0 Å². The molecule has 1 rings (SSSR count). The van der Waals surface area contributed by atoms with Crippen LogP contribution in [0.2, 0.25) is 0 Å². The summed E-state index contributed by atoms with van der Waals surface area (Å²) >= 11 is 0.